The van der Waals surface area contributed by atoms with Crippen molar-refractivity contribution in [2.24, 2.45) is 4.99 Å². The monoisotopic (exact) mass is 340 g/mol. The Kier molecular flexibility index (Phi) is 2.85. The van der Waals surface area contributed by atoms with Crippen LogP contribution in [0.4, 0.5) is 20.3 Å². The first-order valence-corrected chi connectivity index (χ1v) is 8.07. The zero-order chi connectivity index (χ0) is 17.1. The van der Waals surface area contributed by atoms with Gasteiger partial charge in [0, 0.05) is 6.54 Å². The highest BCUT2D eigenvalue weighted by molar-refractivity contribution is 6.14. The second-order valence-electron chi connectivity index (χ2n) is 6.28. The Morgan fingerprint density at radius 3 is 2.80 bits per heavy atom. The molecular formula is C17H14F2N6. The molecule has 0 spiro atoms. The molecule has 4 heterocycles. The Bertz CT molecular complexity index is 998. The van der Waals surface area contributed by atoms with E-state index in [0.717, 1.165) is 17.8 Å². The summed E-state index contributed by atoms with van der Waals surface area (Å²) >= 11 is 0. The first-order chi connectivity index (χ1) is 12.1. The molecule has 1 atom stereocenters. The average molecular weight is 340 g/mol. The fraction of sp³-hybridized carbons (Fsp3) is 0.235. The van der Waals surface area contributed by atoms with Gasteiger partial charge in [-0.25, -0.2) is 18.5 Å². The van der Waals surface area contributed by atoms with E-state index in [0.29, 0.717) is 17.9 Å². The summed E-state index contributed by atoms with van der Waals surface area (Å²) in [5.74, 6) is -0.261. The molecule has 5 rings (SSSR count). The standard InChI is InChI=1S/C17H14F2N6/c1-9-5-6-24-16(14-11(18)3-2-4-12(14)19)22-13-8-20-23-15(13)10-7-21-25(9)17(10)24/h2-4,7-9H,5-6H2,1H3,(H,20,23)/t9-/m1/s1. The number of rotatable bonds is 1. The number of H-pyrrole nitrogens is 1. The van der Waals surface area contributed by atoms with Gasteiger partial charge in [-0.2, -0.15) is 10.2 Å². The number of benzene rings is 1. The van der Waals surface area contributed by atoms with E-state index < -0.39 is 11.6 Å². The van der Waals surface area contributed by atoms with Crippen LogP contribution in [-0.4, -0.2) is 32.4 Å². The molecule has 25 heavy (non-hydrogen) atoms. The zero-order valence-electron chi connectivity index (χ0n) is 13.4. The Morgan fingerprint density at radius 2 is 2.00 bits per heavy atom. The third-order valence-electron chi connectivity index (χ3n) is 4.77. The molecule has 126 valence electrons. The largest absolute Gasteiger partial charge is 0.310 e. The summed E-state index contributed by atoms with van der Waals surface area (Å²) in [4.78, 5) is 6.40. The van der Waals surface area contributed by atoms with Crippen molar-refractivity contribution >= 4 is 17.3 Å². The molecule has 1 aromatic carbocycles. The minimum absolute atomic E-state index is 0.134. The molecule has 6 nitrogen and oxygen atoms in total. The van der Waals surface area contributed by atoms with Crippen LogP contribution in [0.1, 0.15) is 24.9 Å². The van der Waals surface area contributed by atoms with E-state index in [1.165, 1.54) is 18.2 Å². The summed E-state index contributed by atoms with van der Waals surface area (Å²) in [5, 5.41) is 11.4. The molecule has 0 saturated carbocycles. The summed E-state index contributed by atoms with van der Waals surface area (Å²) in [6.07, 6.45) is 4.10. The van der Waals surface area contributed by atoms with Crippen LogP contribution in [0.3, 0.4) is 0 Å². The van der Waals surface area contributed by atoms with Crippen molar-refractivity contribution in [1.29, 1.82) is 0 Å². The molecule has 0 fully saturated rings. The van der Waals surface area contributed by atoms with E-state index in [-0.39, 0.29) is 17.4 Å². The first kappa shape index (κ1) is 14.3. The normalized spacial score (nSPS) is 18.4. The number of nitrogens with one attached hydrogen (secondary N) is 1. The van der Waals surface area contributed by atoms with Gasteiger partial charge < -0.3 is 4.90 Å². The van der Waals surface area contributed by atoms with Crippen molar-refractivity contribution in [2.45, 2.75) is 19.4 Å². The number of aliphatic imine (C=N–C) groups is 1. The number of nitrogens with zero attached hydrogens (tertiary/aromatic N) is 5. The lowest BCUT2D eigenvalue weighted by molar-refractivity contribution is 0.438. The van der Waals surface area contributed by atoms with E-state index in [4.69, 9.17) is 0 Å². The van der Waals surface area contributed by atoms with Gasteiger partial charge >= 0.3 is 0 Å². The molecule has 3 aromatic rings. The number of anilines is 1. The van der Waals surface area contributed by atoms with Crippen molar-refractivity contribution < 1.29 is 8.78 Å². The van der Waals surface area contributed by atoms with Crippen LogP contribution in [0.25, 0.3) is 11.3 Å². The average Bonchev–Trinajstić information content (AvgIpc) is 3.19. The number of aromatic nitrogens is 4. The summed E-state index contributed by atoms with van der Waals surface area (Å²) in [6, 6.07) is 4.03. The SMILES string of the molecule is C[C@@H]1CCN2C(c3c(F)cccc3F)=Nc3cn[nH]c3-c3cnn1c32. The van der Waals surface area contributed by atoms with Crippen LogP contribution in [0.2, 0.25) is 0 Å². The topological polar surface area (TPSA) is 62.1 Å². The second-order valence-corrected chi connectivity index (χ2v) is 6.28. The minimum atomic E-state index is -0.642. The number of amidine groups is 1. The van der Waals surface area contributed by atoms with Gasteiger partial charge in [-0.05, 0) is 25.5 Å². The molecule has 2 aliphatic rings. The van der Waals surface area contributed by atoms with Gasteiger partial charge in [-0.15, -0.1) is 0 Å². The molecule has 0 unspecified atom stereocenters. The number of halogens is 2. The van der Waals surface area contributed by atoms with Gasteiger partial charge in [0.15, 0.2) is 0 Å². The van der Waals surface area contributed by atoms with Crippen molar-refractivity contribution in [2.75, 3.05) is 11.4 Å². The molecule has 0 radical (unpaired) electrons. The Balaban J connectivity index is 1.84. The zero-order valence-corrected chi connectivity index (χ0v) is 13.4. The van der Waals surface area contributed by atoms with Gasteiger partial charge in [0.2, 0.25) is 0 Å². The number of aromatic amines is 1. The Morgan fingerprint density at radius 1 is 1.20 bits per heavy atom. The van der Waals surface area contributed by atoms with Gasteiger partial charge in [-0.1, -0.05) is 6.07 Å². The molecule has 8 heteroatoms. The van der Waals surface area contributed by atoms with Crippen molar-refractivity contribution in [3.63, 3.8) is 0 Å². The second kappa shape index (κ2) is 4.98. The molecule has 1 N–H and O–H groups in total. The number of fused-ring (bicyclic) bond motifs is 2. The van der Waals surface area contributed by atoms with Crippen molar-refractivity contribution in [3.8, 4) is 11.3 Å². The molecule has 0 amide bonds. The van der Waals surface area contributed by atoms with E-state index in [1.54, 1.807) is 12.4 Å². The lowest BCUT2D eigenvalue weighted by Gasteiger charge is -2.33. The van der Waals surface area contributed by atoms with Gasteiger partial charge in [0.05, 0.1) is 35.3 Å². The third kappa shape index (κ3) is 1.90. The van der Waals surface area contributed by atoms with Crippen LogP contribution in [0.5, 0.6) is 0 Å². The first-order valence-electron chi connectivity index (χ1n) is 8.07. The summed E-state index contributed by atoms with van der Waals surface area (Å²) < 4.78 is 30.8. The molecule has 2 aromatic heterocycles. The highest BCUT2D eigenvalue weighted by Crippen LogP contribution is 2.43. The lowest BCUT2D eigenvalue weighted by atomic mass is 10.1. The van der Waals surface area contributed by atoms with Gasteiger partial charge in [0.1, 0.15) is 29.0 Å². The highest BCUT2D eigenvalue weighted by Gasteiger charge is 2.35. The molecular weight excluding hydrogens is 326 g/mol. The molecule has 0 aliphatic carbocycles. The van der Waals surface area contributed by atoms with E-state index in [2.05, 4.69) is 27.2 Å². The van der Waals surface area contributed by atoms with Gasteiger partial charge in [-0.3, -0.25) is 5.10 Å². The molecule has 2 aliphatic heterocycles. The maximum Gasteiger partial charge on any atom is 0.148 e. The van der Waals surface area contributed by atoms with Crippen LogP contribution in [-0.2, 0) is 0 Å². The predicted octanol–water partition coefficient (Wildman–Crippen LogP) is 3.41. The fourth-order valence-corrected chi connectivity index (χ4v) is 3.51. The molecule has 0 bridgehead atoms. The highest BCUT2D eigenvalue weighted by atomic mass is 19.1. The summed E-state index contributed by atoms with van der Waals surface area (Å²) in [7, 11) is 0. The Labute approximate surface area is 141 Å². The van der Waals surface area contributed by atoms with Gasteiger partial charge in [0.25, 0.3) is 0 Å². The third-order valence-corrected chi connectivity index (χ3v) is 4.77. The predicted molar refractivity (Wildman–Crippen MR) is 89.0 cm³/mol. The van der Waals surface area contributed by atoms with Crippen molar-refractivity contribution in [3.05, 3.63) is 47.8 Å². The summed E-state index contributed by atoms with van der Waals surface area (Å²) in [6.45, 7) is 2.67. The van der Waals surface area contributed by atoms with E-state index in [9.17, 15) is 8.78 Å². The van der Waals surface area contributed by atoms with Crippen molar-refractivity contribution in [1.82, 2.24) is 20.0 Å². The quantitative estimate of drug-likeness (QED) is 0.738. The maximum atomic E-state index is 14.5. The van der Waals surface area contributed by atoms with Crippen LogP contribution in [0, 0.1) is 11.6 Å². The fourth-order valence-electron chi connectivity index (χ4n) is 3.51. The number of hydrogen-bond acceptors (Lipinski definition) is 4. The number of hydrogen-bond donors (Lipinski definition) is 1. The summed E-state index contributed by atoms with van der Waals surface area (Å²) in [5.41, 5.74) is 1.93. The molecule has 0 saturated heterocycles. The minimum Gasteiger partial charge on any atom is -0.310 e. The smallest absolute Gasteiger partial charge is 0.148 e. The Hall–Kier alpha value is -3.03. The van der Waals surface area contributed by atoms with Crippen LogP contribution >= 0.6 is 0 Å². The maximum absolute atomic E-state index is 14.5. The van der Waals surface area contributed by atoms with Crippen LogP contribution in [0.15, 0.2) is 35.6 Å². The van der Waals surface area contributed by atoms with E-state index >= 15 is 0 Å². The van der Waals surface area contributed by atoms with E-state index in [1.807, 2.05) is 9.58 Å². The lowest BCUT2D eigenvalue weighted by Crippen LogP contribution is -2.40. The van der Waals surface area contributed by atoms with Crippen LogP contribution < -0.4 is 4.90 Å².